The zero-order valence-corrected chi connectivity index (χ0v) is 27.6. The second-order valence-electron chi connectivity index (χ2n) is 12.3. The minimum Gasteiger partial charge on any atom is -0.478 e. The van der Waals surface area contributed by atoms with E-state index < -0.39 is 66.3 Å². The largest absolute Gasteiger partial charge is 0.478 e. The number of hydrogen-bond donors (Lipinski definition) is 7. The third-order valence-corrected chi connectivity index (χ3v) is 7.42. The van der Waals surface area contributed by atoms with Crippen LogP contribution in [0.1, 0.15) is 90.6 Å². The van der Waals surface area contributed by atoms with E-state index in [1.54, 1.807) is 26.0 Å². The zero-order valence-electron chi connectivity index (χ0n) is 27.6. The third kappa shape index (κ3) is 13.7. The fourth-order valence-electron chi connectivity index (χ4n) is 4.63. The lowest BCUT2D eigenvalue weighted by Crippen LogP contribution is -2.57. The van der Waals surface area contributed by atoms with Crippen molar-refractivity contribution in [1.29, 1.82) is 0 Å². The second kappa shape index (κ2) is 18.7. The number of carboxylic acid groups (broad SMARTS) is 1. The molecular formula is C32H51N5O8. The SMILES string of the molecule is CC[C@H](C)[C@H](NC(C)=O)C(=O)N[C@@H](C)C(=O)N[C@@H](CC(C)C)[C@@H](O)CC(=O)N[C@H](C(=O)NCc1cccc(C(=O)O)c1)C(C)C. The quantitative estimate of drug-likeness (QED) is 0.126. The number of carbonyl (C=O) groups is 6. The Hall–Kier alpha value is -4.00. The number of hydrogen-bond acceptors (Lipinski definition) is 7. The summed E-state index contributed by atoms with van der Waals surface area (Å²) in [5, 5.41) is 33.5. The van der Waals surface area contributed by atoms with Crippen LogP contribution in [0.5, 0.6) is 0 Å². The first-order valence-corrected chi connectivity index (χ1v) is 15.4. The van der Waals surface area contributed by atoms with E-state index in [4.69, 9.17) is 0 Å². The van der Waals surface area contributed by atoms with Crippen LogP contribution in [0.25, 0.3) is 0 Å². The highest BCUT2D eigenvalue weighted by atomic mass is 16.4. The minimum absolute atomic E-state index is 0.0429. The number of rotatable bonds is 18. The Morgan fingerprint density at radius 2 is 1.47 bits per heavy atom. The van der Waals surface area contributed by atoms with Crippen LogP contribution in [-0.4, -0.2) is 76.0 Å². The van der Waals surface area contributed by atoms with E-state index in [1.165, 1.54) is 26.0 Å². The van der Waals surface area contributed by atoms with Crippen LogP contribution in [-0.2, 0) is 30.5 Å². The Morgan fingerprint density at radius 3 is 2.00 bits per heavy atom. The van der Waals surface area contributed by atoms with E-state index in [9.17, 15) is 39.0 Å². The van der Waals surface area contributed by atoms with Crippen molar-refractivity contribution in [3.05, 3.63) is 35.4 Å². The number of benzene rings is 1. The topological polar surface area (TPSA) is 203 Å². The van der Waals surface area contributed by atoms with Gasteiger partial charge in [-0.15, -0.1) is 0 Å². The highest BCUT2D eigenvalue weighted by Crippen LogP contribution is 2.13. The van der Waals surface area contributed by atoms with Crippen LogP contribution in [0.3, 0.4) is 0 Å². The zero-order chi connectivity index (χ0) is 34.4. The molecule has 1 aromatic rings. The first-order chi connectivity index (χ1) is 21.0. The molecule has 0 saturated carbocycles. The lowest BCUT2D eigenvalue weighted by atomic mass is 9.96. The maximum Gasteiger partial charge on any atom is 0.335 e. The van der Waals surface area contributed by atoms with Crippen LogP contribution in [0.15, 0.2) is 24.3 Å². The van der Waals surface area contributed by atoms with Gasteiger partial charge in [0.05, 0.1) is 24.1 Å². The lowest BCUT2D eigenvalue weighted by Gasteiger charge is -2.29. The molecule has 0 bridgehead atoms. The molecule has 0 aliphatic carbocycles. The number of aliphatic hydroxyl groups is 1. The van der Waals surface area contributed by atoms with Crippen molar-refractivity contribution in [3.63, 3.8) is 0 Å². The molecule has 0 aromatic heterocycles. The molecule has 0 spiro atoms. The van der Waals surface area contributed by atoms with Gasteiger partial charge in [0.1, 0.15) is 18.1 Å². The smallest absolute Gasteiger partial charge is 0.335 e. The van der Waals surface area contributed by atoms with E-state index in [2.05, 4.69) is 26.6 Å². The molecule has 45 heavy (non-hydrogen) atoms. The van der Waals surface area contributed by atoms with E-state index in [-0.39, 0.29) is 35.8 Å². The highest BCUT2D eigenvalue weighted by Gasteiger charge is 2.31. The first-order valence-electron chi connectivity index (χ1n) is 15.4. The van der Waals surface area contributed by atoms with Gasteiger partial charge in [-0.1, -0.05) is 60.1 Å². The molecule has 0 unspecified atom stereocenters. The maximum absolute atomic E-state index is 13.0. The Bertz CT molecular complexity index is 1190. The number of aromatic carboxylic acids is 1. The summed E-state index contributed by atoms with van der Waals surface area (Å²) in [6, 6.07) is 2.59. The van der Waals surface area contributed by atoms with Gasteiger partial charge in [-0.05, 0) is 48.8 Å². The summed E-state index contributed by atoms with van der Waals surface area (Å²) in [6.07, 6.45) is -0.718. The van der Waals surface area contributed by atoms with Gasteiger partial charge in [0.15, 0.2) is 0 Å². The second-order valence-corrected chi connectivity index (χ2v) is 12.3. The van der Waals surface area contributed by atoms with Gasteiger partial charge in [0.2, 0.25) is 29.5 Å². The summed E-state index contributed by atoms with van der Waals surface area (Å²) in [6.45, 7) is 13.9. The maximum atomic E-state index is 13.0. The van der Waals surface area contributed by atoms with Crippen molar-refractivity contribution in [2.24, 2.45) is 17.8 Å². The van der Waals surface area contributed by atoms with Gasteiger partial charge in [-0.3, -0.25) is 24.0 Å². The van der Waals surface area contributed by atoms with Gasteiger partial charge in [0.25, 0.3) is 0 Å². The number of nitrogens with one attached hydrogen (secondary N) is 5. The van der Waals surface area contributed by atoms with E-state index in [1.807, 2.05) is 27.7 Å². The average Bonchev–Trinajstić information content (AvgIpc) is 2.95. The van der Waals surface area contributed by atoms with Crippen LogP contribution < -0.4 is 26.6 Å². The monoisotopic (exact) mass is 633 g/mol. The van der Waals surface area contributed by atoms with Crippen LogP contribution >= 0.6 is 0 Å². The molecule has 13 heteroatoms. The van der Waals surface area contributed by atoms with Crippen molar-refractivity contribution < 1.29 is 39.0 Å². The number of carboxylic acids is 1. The highest BCUT2D eigenvalue weighted by molar-refractivity contribution is 5.92. The first kappa shape index (κ1) is 39.0. The molecule has 0 fully saturated rings. The molecule has 6 atom stereocenters. The fourth-order valence-corrected chi connectivity index (χ4v) is 4.63. The predicted octanol–water partition coefficient (Wildman–Crippen LogP) is 1.48. The molecule has 0 radical (unpaired) electrons. The number of aliphatic hydroxyl groups excluding tert-OH is 1. The number of carbonyl (C=O) groups excluding carboxylic acids is 5. The summed E-state index contributed by atoms with van der Waals surface area (Å²) in [4.78, 5) is 74.6. The molecule has 0 aliphatic rings. The Kier molecular flexibility index (Phi) is 16.2. The van der Waals surface area contributed by atoms with E-state index in [0.29, 0.717) is 18.4 Å². The lowest BCUT2D eigenvalue weighted by molar-refractivity contribution is -0.133. The van der Waals surface area contributed by atoms with E-state index in [0.717, 1.165) is 0 Å². The summed E-state index contributed by atoms with van der Waals surface area (Å²) in [5.74, 6) is -4.02. The summed E-state index contributed by atoms with van der Waals surface area (Å²) < 4.78 is 0. The van der Waals surface area contributed by atoms with Gasteiger partial charge in [-0.2, -0.15) is 0 Å². The molecule has 252 valence electrons. The molecule has 7 N–H and O–H groups in total. The minimum atomic E-state index is -1.29. The van der Waals surface area contributed by atoms with E-state index >= 15 is 0 Å². The summed E-state index contributed by atoms with van der Waals surface area (Å²) in [7, 11) is 0. The molecule has 0 saturated heterocycles. The molecule has 1 aromatic carbocycles. The molecule has 0 aliphatic heterocycles. The van der Waals surface area contributed by atoms with Crippen molar-refractivity contribution in [1.82, 2.24) is 26.6 Å². The van der Waals surface area contributed by atoms with Gasteiger partial charge >= 0.3 is 5.97 Å². The number of amides is 5. The molecule has 1 rings (SSSR count). The van der Waals surface area contributed by atoms with Crippen molar-refractivity contribution >= 4 is 35.5 Å². The molecule has 13 nitrogen and oxygen atoms in total. The van der Waals surface area contributed by atoms with Crippen molar-refractivity contribution in [2.75, 3.05) is 0 Å². The Labute approximate surface area is 265 Å². The van der Waals surface area contributed by atoms with Crippen LogP contribution in [0.2, 0.25) is 0 Å². The van der Waals surface area contributed by atoms with Crippen molar-refractivity contribution in [3.8, 4) is 0 Å². The average molecular weight is 634 g/mol. The van der Waals surface area contributed by atoms with Crippen molar-refractivity contribution in [2.45, 2.75) is 111 Å². The van der Waals surface area contributed by atoms with Crippen LogP contribution in [0, 0.1) is 17.8 Å². The van der Waals surface area contributed by atoms with Crippen LogP contribution in [0.4, 0.5) is 0 Å². The summed E-state index contributed by atoms with van der Waals surface area (Å²) in [5.41, 5.74) is 0.667. The van der Waals surface area contributed by atoms with Gasteiger partial charge < -0.3 is 36.8 Å². The van der Waals surface area contributed by atoms with Gasteiger partial charge in [-0.25, -0.2) is 4.79 Å². The Morgan fingerprint density at radius 1 is 0.822 bits per heavy atom. The molecule has 5 amide bonds. The molecule has 0 heterocycles. The Balaban J connectivity index is 2.86. The standard InChI is InChI=1S/C32H51N5O8/c1-9-19(6)28(35-21(8)38)31(43)34-20(7)29(41)36-24(13-17(2)3)25(39)15-26(40)37-27(18(4)5)30(42)33-16-22-11-10-12-23(14-22)32(44)45/h10-12,14,17-20,24-25,27-28,39H,9,13,15-16H2,1-8H3,(H,33,42)(H,34,43)(H,35,38)(H,36,41)(H,37,40)(H,44,45)/t19-,20-,24-,25-,27-,28-/m0/s1. The predicted molar refractivity (Wildman–Crippen MR) is 169 cm³/mol. The fraction of sp³-hybridized carbons (Fsp3) is 0.625. The third-order valence-electron chi connectivity index (χ3n) is 7.42. The van der Waals surface area contributed by atoms with Gasteiger partial charge in [0, 0.05) is 13.5 Å². The summed E-state index contributed by atoms with van der Waals surface area (Å²) >= 11 is 0. The molecular weight excluding hydrogens is 582 g/mol. The normalized spacial score (nSPS) is 15.2.